The standard InChI is InChI=1S/C9H12N2O3S2/c10-7-1-3-15-8(7)9(12)11-6-2-4-16(13,14)5-6/h1,3,6H,2,4-5,10H2,(H,11,12). The molecule has 0 aliphatic carbocycles. The van der Waals surface area contributed by atoms with Crippen LogP contribution in [0.4, 0.5) is 5.69 Å². The number of nitrogen functional groups attached to an aromatic ring is 1. The Morgan fingerprint density at radius 1 is 1.56 bits per heavy atom. The van der Waals surface area contributed by atoms with Crippen LogP contribution in [-0.4, -0.2) is 31.9 Å². The largest absolute Gasteiger partial charge is 0.397 e. The number of rotatable bonds is 2. The number of nitrogens with one attached hydrogen (secondary N) is 1. The average molecular weight is 260 g/mol. The number of amides is 1. The van der Waals surface area contributed by atoms with Crippen LogP contribution < -0.4 is 11.1 Å². The van der Waals surface area contributed by atoms with Gasteiger partial charge in [0.2, 0.25) is 0 Å². The third kappa shape index (κ3) is 2.35. The summed E-state index contributed by atoms with van der Waals surface area (Å²) in [5.74, 6) is -0.100. The number of sulfone groups is 1. The lowest BCUT2D eigenvalue weighted by atomic mass is 10.2. The molecule has 1 saturated heterocycles. The molecule has 1 aromatic heterocycles. The van der Waals surface area contributed by atoms with Crippen molar-refractivity contribution in [1.29, 1.82) is 0 Å². The number of thiophene rings is 1. The second kappa shape index (κ2) is 4.06. The van der Waals surface area contributed by atoms with Crippen LogP contribution in [0.5, 0.6) is 0 Å². The molecule has 2 heterocycles. The van der Waals surface area contributed by atoms with E-state index >= 15 is 0 Å². The summed E-state index contributed by atoms with van der Waals surface area (Å²) in [7, 11) is -2.96. The molecule has 0 spiro atoms. The summed E-state index contributed by atoms with van der Waals surface area (Å²) in [5.41, 5.74) is 6.03. The van der Waals surface area contributed by atoms with Crippen LogP contribution in [-0.2, 0) is 9.84 Å². The van der Waals surface area contributed by atoms with Gasteiger partial charge in [-0.25, -0.2) is 8.42 Å². The zero-order valence-corrected chi connectivity index (χ0v) is 10.1. The molecule has 0 radical (unpaired) electrons. The first kappa shape index (κ1) is 11.4. The minimum absolute atomic E-state index is 0.0318. The number of nitrogens with two attached hydrogens (primary N) is 1. The van der Waals surface area contributed by atoms with Crippen molar-refractivity contribution >= 4 is 32.8 Å². The first-order chi connectivity index (χ1) is 7.48. The number of hydrogen-bond acceptors (Lipinski definition) is 5. The molecule has 0 saturated carbocycles. The highest BCUT2D eigenvalue weighted by Crippen LogP contribution is 2.19. The molecule has 16 heavy (non-hydrogen) atoms. The summed E-state index contributed by atoms with van der Waals surface area (Å²) < 4.78 is 22.4. The molecule has 88 valence electrons. The molecule has 1 aliphatic heterocycles. The normalized spacial score (nSPS) is 23.1. The van der Waals surface area contributed by atoms with Crippen molar-refractivity contribution in [2.24, 2.45) is 0 Å². The maximum Gasteiger partial charge on any atom is 0.263 e. The predicted octanol–water partition coefficient (Wildman–Crippen LogP) is 0.247. The van der Waals surface area contributed by atoms with Gasteiger partial charge in [-0.3, -0.25) is 4.79 Å². The summed E-state index contributed by atoms with van der Waals surface area (Å²) in [5, 5.41) is 4.42. The van der Waals surface area contributed by atoms with Crippen LogP contribution in [0, 0.1) is 0 Å². The van der Waals surface area contributed by atoms with Crippen molar-refractivity contribution in [2.45, 2.75) is 12.5 Å². The molecule has 1 aliphatic rings. The Balaban J connectivity index is 2.02. The second-order valence-corrected chi connectivity index (χ2v) is 6.92. The Hall–Kier alpha value is -1.08. The molecule has 0 bridgehead atoms. The lowest BCUT2D eigenvalue weighted by Gasteiger charge is -2.09. The van der Waals surface area contributed by atoms with E-state index in [-0.39, 0.29) is 23.5 Å². The predicted molar refractivity (Wildman–Crippen MR) is 63.3 cm³/mol. The Kier molecular flexibility index (Phi) is 2.90. The SMILES string of the molecule is Nc1ccsc1C(=O)NC1CCS(=O)(=O)C1. The van der Waals surface area contributed by atoms with Gasteiger partial charge in [-0.1, -0.05) is 0 Å². The first-order valence-electron chi connectivity index (χ1n) is 4.82. The van der Waals surface area contributed by atoms with E-state index in [1.165, 1.54) is 11.3 Å². The van der Waals surface area contributed by atoms with Crippen LogP contribution in [0.15, 0.2) is 11.4 Å². The van der Waals surface area contributed by atoms with E-state index in [2.05, 4.69) is 5.32 Å². The van der Waals surface area contributed by atoms with Gasteiger partial charge in [0.05, 0.1) is 17.2 Å². The van der Waals surface area contributed by atoms with Crippen molar-refractivity contribution in [2.75, 3.05) is 17.2 Å². The van der Waals surface area contributed by atoms with E-state index in [0.717, 1.165) is 0 Å². The van der Waals surface area contributed by atoms with E-state index in [1.807, 2.05) is 0 Å². The van der Waals surface area contributed by atoms with Crippen LogP contribution >= 0.6 is 11.3 Å². The highest BCUT2D eigenvalue weighted by molar-refractivity contribution is 7.91. The molecule has 2 rings (SSSR count). The van der Waals surface area contributed by atoms with Crippen LogP contribution in [0.1, 0.15) is 16.1 Å². The molecular weight excluding hydrogens is 248 g/mol. The van der Waals surface area contributed by atoms with Crippen LogP contribution in [0.3, 0.4) is 0 Å². The van der Waals surface area contributed by atoms with E-state index in [9.17, 15) is 13.2 Å². The highest BCUT2D eigenvalue weighted by Gasteiger charge is 2.29. The fourth-order valence-electron chi connectivity index (χ4n) is 1.66. The Morgan fingerprint density at radius 2 is 2.31 bits per heavy atom. The third-order valence-electron chi connectivity index (χ3n) is 2.47. The van der Waals surface area contributed by atoms with Gasteiger partial charge in [-0.15, -0.1) is 11.3 Å². The number of carbonyl (C=O) groups excluding carboxylic acids is 1. The number of hydrogen-bond donors (Lipinski definition) is 2. The summed E-state index contributed by atoms with van der Waals surface area (Å²) in [6, 6.07) is 1.38. The Bertz CT molecular complexity index is 507. The molecule has 1 unspecified atom stereocenters. The van der Waals surface area contributed by atoms with Gasteiger partial charge in [0.1, 0.15) is 4.88 Å². The molecule has 5 nitrogen and oxygen atoms in total. The topological polar surface area (TPSA) is 89.3 Å². The smallest absolute Gasteiger partial charge is 0.263 e. The zero-order valence-electron chi connectivity index (χ0n) is 8.47. The molecular formula is C9H12N2O3S2. The minimum atomic E-state index is -2.96. The Morgan fingerprint density at radius 3 is 2.81 bits per heavy atom. The molecule has 1 atom stereocenters. The maximum absolute atomic E-state index is 11.7. The van der Waals surface area contributed by atoms with E-state index in [1.54, 1.807) is 11.4 Å². The van der Waals surface area contributed by atoms with E-state index in [4.69, 9.17) is 5.73 Å². The summed E-state index contributed by atoms with van der Waals surface area (Å²) in [6.45, 7) is 0. The summed E-state index contributed by atoms with van der Waals surface area (Å²) in [4.78, 5) is 12.2. The Labute approximate surface area is 97.6 Å². The van der Waals surface area contributed by atoms with E-state index < -0.39 is 9.84 Å². The minimum Gasteiger partial charge on any atom is -0.397 e. The van der Waals surface area contributed by atoms with E-state index in [0.29, 0.717) is 17.0 Å². The summed E-state index contributed by atoms with van der Waals surface area (Å²) in [6.07, 6.45) is 0.485. The highest BCUT2D eigenvalue weighted by atomic mass is 32.2. The maximum atomic E-state index is 11.7. The fourth-order valence-corrected chi connectivity index (χ4v) is 4.06. The molecule has 1 aromatic rings. The molecule has 1 fully saturated rings. The molecule has 7 heteroatoms. The molecule has 1 amide bonds. The van der Waals surface area contributed by atoms with Crippen LogP contribution in [0.2, 0.25) is 0 Å². The second-order valence-electron chi connectivity index (χ2n) is 3.78. The van der Waals surface area contributed by atoms with Crippen LogP contribution in [0.25, 0.3) is 0 Å². The molecule has 0 aromatic carbocycles. The average Bonchev–Trinajstić information content (AvgIpc) is 2.72. The van der Waals surface area contributed by atoms with Crippen molar-refractivity contribution in [3.63, 3.8) is 0 Å². The lowest BCUT2D eigenvalue weighted by molar-refractivity contribution is 0.0946. The monoisotopic (exact) mass is 260 g/mol. The third-order valence-corrected chi connectivity index (χ3v) is 5.17. The van der Waals surface area contributed by atoms with Gasteiger partial charge in [-0.05, 0) is 17.9 Å². The number of anilines is 1. The quantitative estimate of drug-likeness (QED) is 0.797. The molecule has 3 N–H and O–H groups in total. The van der Waals surface area contributed by atoms with Gasteiger partial charge >= 0.3 is 0 Å². The summed E-state index contributed by atoms with van der Waals surface area (Å²) >= 11 is 1.25. The van der Waals surface area contributed by atoms with Gasteiger partial charge in [0.15, 0.2) is 9.84 Å². The lowest BCUT2D eigenvalue weighted by Crippen LogP contribution is -2.35. The van der Waals surface area contributed by atoms with Gasteiger partial charge in [-0.2, -0.15) is 0 Å². The van der Waals surface area contributed by atoms with Crippen molar-refractivity contribution in [1.82, 2.24) is 5.32 Å². The zero-order chi connectivity index (χ0) is 11.8. The van der Waals surface area contributed by atoms with Gasteiger partial charge < -0.3 is 11.1 Å². The van der Waals surface area contributed by atoms with Crippen molar-refractivity contribution < 1.29 is 13.2 Å². The van der Waals surface area contributed by atoms with Crippen molar-refractivity contribution in [3.05, 3.63) is 16.3 Å². The fraction of sp³-hybridized carbons (Fsp3) is 0.444. The van der Waals surface area contributed by atoms with Crippen molar-refractivity contribution in [3.8, 4) is 0 Å². The first-order valence-corrected chi connectivity index (χ1v) is 7.52. The number of carbonyl (C=O) groups is 1. The van der Waals surface area contributed by atoms with Gasteiger partial charge in [0.25, 0.3) is 5.91 Å². The van der Waals surface area contributed by atoms with Gasteiger partial charge in [0, 0.05) is 6.04 Å².